The molecule has 0 bridgehead atoms. The van der Waals surface area contributed by atoms with E-state index in [2.05, 4.69) is 5.32 Å². The zero-order chi connectivity index (χ0) is 22.0. The molecule has 9 heteroatoms. The van der Waals surface area contributed by atoms with E-state index in [4.69, 9.17) is 17.0 Å². The monoisotopic (exact) mass is 448 g/mol. The average Bonchev–Trinajstić information content (AvgIpc) is 3.10. The molecule has 1 aliphatic carbocycles. The van der Waals surface area contributed by atoms with E-state index in [1.165, 1.54) is 30.2 Å². The molecule has 1 unspecified atom stereocenters. The lowest BCUT2D eigenvalue weighted by Gasteiger charge is -2.35. The van der Waals surface area contributed by atoms with Gasteiger partial charge in [-0.05, 0) is 24.1 Å². The van der Waals surface area contributed by atoms with Crippen LogP contribution in [0.2, 0.25) is 0 Å². The number of hydrogen-bond donors (Lipinski definition) is 1. The smallest absolute Gasteiger partial charge is 0.414 e. The van der Waals surface area contributed by atoms with Crippen molar-refractivity contribution in [3.63, 3.8) is 0 Å². The first-order valence-corrected chi connectivity index (χ1v) is 11.4. The number of nitrogens with zero attached hydrogens (tertiary/aromatic N) is 3. The van der Waals surface area contributed by atoms with Gasteiger partial charge in [0.2, 0.25) is 5.91 Å². The molecular formula is C22H29FN4O3S. The van der Waals surface area contributed by atoms with Crippen molar-refractivity contribution in [3.8, 4) is 0 Å². The Bertz CT molecular complexity index is 855. The molecule has 2 aliphatic heterocycles. The van der Waals surface area contributed by atoms with Gasteiger partial charge < -0.3 is 19.9 Å². The Labute approximate surface area is 187 Å². The van der Waals surface area contributed by atoms with E-state index in [1.54, 1.807) is 24.0 Å². The van der Waals surface area contributed by atoms with Gasteiger partial charge in [0, 0.05) is 39.5 Å². The molecule has 1 aromatic carbocycles. The second kappa shape index (κ2) is 9.38. The molecule has 1 atom stereocenters. The molecular weight excluding hydrogens is 419 g/mol. The van der Waals surface area contributed by atoms with Crippen LogP contribution >= 0.6 is 12.2 Å². The van der Waals surface area contributed by atoms with Gasteiger partial charge in [0.1, 0.15) is 11.9 Å². The van der Waals surface area contributed by atoms with Gasteiger partial charge in [0.05, 0.1) is 29.5 Å². The Morgan fingerprint density at radius 1 is 1.26 bits per heavy atom. The molecule has 0 radical (unpaired) electrons. The minimum Gasteiger partial charge on any atom is -0.442 e. The normalized spacial score (nSPS) is 21.7. The van der Waals surface area contributed by atoms with Crippen molar-refractivity contribution in [2.24, 2.45) is 5.92 Å². The highest BCUT2D eigenvalue weighted by Gasteiger charge is 2.33. The Hall–Kier alpha value is -2.42. The molecule has 2 saturated heterocycles. The zero-order valence-corrected chi connectivity index (χ0v) is 18.6. The third-order valence-electron chi connectivity index (χ3n) is 6.41. The highest BCUT2D eigenvalue weighted by Crippen LogP contribution is 2.30. The number of carbonyl (C=O) groups excluding carboxylic acids is 2. The number of ether oxygens (including phenoxy) is 1. The Kier molecular flexibility index (Phi) is 6.60. The first-order valence-electron chi connectivity index (χ1n) is 11.0. The van der Waals surface area contributed by atoms with E-state index in [0.29, 0.717) is 56.6 Å². The van der Waals surface area contributed by atoms with Crippen molar-refractivity contribution in [2.75, 3.05) is 49.1 Å². The number of halogens is 1. The third kappa shape index (κ3) is 5.08. The molecule has 3 fully saturated rings. The molecule has 0 spiro atoms. The summed E-state index contributed by atoms with van der Waals surface area (Å²) in [6.07, 6.45) is 3.86. The highest BCUT2D eigenvalue weighted by atomic mass is 32.1. The van der Waals surface area contributed by atoms with Gasteiger partial charge in [-0.25, -0.2) is 9.18 Å². The number of cyclic esters (lactones) is 1. The Morgan fingerprint density at radius 2 is 2.00 bits per heavy atom. The number of nitrogens with one attached hydrogen (secondary N) is 1. The van der Waals surface area contributed by atoms with Crippen LogP contribution in [0.3, 0.4) is 0 Å². The molecule has 1 N–H and O–H groups in total. The quantitative estimate of drug-likeness (QED) is 0.675. The fraction of sp³-hybridized carbons (Fsp3) is 0.591. The second-order valence-corrected chi connectivity index (χ2v) is 9.04. The molecule has 31 heavy (non-hydrogen) atoms. The van der Waals surface area contributed by atoms with Gasteiger partial charge in [-0.2, -0.15) is 0 Å². The minimum atomic E-state index is -0.473. The minimum absolute atomic E-state index is 0.0378. The van der Waals surface area contributed by atoms with Crippen molar-refractivity contribution in [1.82, 2.24) is 10.2 Å². The van der Waals surface area contributed by atoms with E-state index in [9.17, 15) is 14.0 Å². The first kappa shape index (κ1) is 21.8. The van der Waals surface area contributed by atoms with Crippen LogP contribution in [0.25, 0.3) is 0 Å². The van der Waals surface area contributed by atoms with Gasteiger partial charge in [-0.1, -0.05) is 31.5 Å². The third-order valence-corrected chi connectivity index (χ3v) is 6.72. The fourth-order valence-corrected chi connectivity index (χ4v) is 4.60. The van der Waals surface area contributed by atoms with Crippen molar-refractivity contribution in [3.05, 3.63) is 24.0 Å². The van der Waals surface area contributed by atoms with Crippen LogP contribution < -0.4 is 15.1 Å². The summed E-state index contributed by atoms with van der Waals surface area (Å²) in [5.41, 5.74) is 0.965. The summed E-state index contributed by atoms with van der Waals surface area (Å²) in [4.78, 5) is 29.8. The van der Waals surface area contributed by atoms with E-state index in [-0.39, 0.29) is 17.8 Å². The maximum absolute atomic E-state index is 14.9. The van der Waals surface area contributed by atoms with Crippen molar-refractivity contribution in [2.45, 2.75) is 38.7 Å². The van der Waals surface area contributed by atoms with E-state index in [0.717, 1.165) is 11.4 Å². The van der Waals surface area contributed by atoms with Crippen LogP contribution in [0.5, 0.6) is 0 Å². The molecule has 7 nitrogen and oxygen atoms in total. The summed E-state index contributed by atoms with van der Waals surface area (Å²) >= 11 is 5.39. The van der Waals surface area contributed by atoms with Crippen LogP contribution in [0.1, 0.15) is 32.6 Å². The molecule has 1 aromatic rings. The van der Waals surface area contributed by atoms with E-state index in [1.807, 2.05) is 4.90 Å². The number of carbonyl (C=O) groups is 2. The molecule has 2 heterocycles. The summed E-state index contributed by atoms with van der Waals surface area (Å²) in [5, 5.41) is 3.21. The summed E-state index contributed by atoms with van der Waals surface area (Å²) in [6.45, 7) is 4.68. The lowest BCUT2D eigenvalue weighted by Crippen LogP contribution is -2.48. The van der Waals surface area contributed by atoms with Crippen molar-refractivity contribution in [1.29, 1.82) is 0 Å². The predicted octanol–water partition coefficient (Wildman–Crippen LogP) is 2.93. The lowest BCUT2D eigenvalue weighted by atomic mass is 9.83. The van der Waals surface area contributed by atoms with Gasteiger partial charge >= 0.3 is 6.09 Å². The summed E-state index contributed by atoms with van der Waals surface area (Å²) in [6, 6.07) is 4.82. The zero-order valence-electron chi connectivity index (χ0n) is 17.8. The van der Waals surface area contributed by atoms with Gasteiger partial charge in [0.15, 0.2) is 0 Å². The number of benzene rings is 1. The standard InChI is InChI=1S/C22H29FN4O3S/c1-15(28)25-7-9-26(10-8-25)20-6-5-17(12-19(20)23)27-14-18(30-22(27)29)13-24-21(31)11-16-3-2-4-16/h5-6,12,16,18H,2-4,7-11,13-14H2,1H3,(H,24,31). The summed E-state index contributed by atoms with van der Waals surface area (Å²) in [7, 11) is 0. The summed E-state index contributed by atoms with van der Waals surface area (Å²) < 4.78 is 20.3. The lowest BCUT2D eigenvalue weighted by molar-refractivity contribution is -0.129. The van der Waals surface area contributed by atoms with E-state index < -0.39 is 6.09 Å². The molecule has 168 valence electrons. The molecule has 0 aromatic heterocycles. The highest BCUT2D eigenvalue weighted by molar-refractivity contribution is 7.80. The number of piperazine rings is 1. The van der Waals surface area contributed by atoms with Crippen LogP contribution in [-0.4, -0.2) is 67.3 Å². The largest absolute Gasteiger partial charge is 0.442 e. The van der Waals surface area contributed by atoms with Gasteiger partial charge in [-0.15, -0.1) is 0 Å². The predicted molar refractivity (Wildman–Crippen MR) is 121 cm³/mol. The van der Waals surface area contributed by atoms with Crippen LogP contribution in [-0.2, 0) is 9.53 Å². The fourth-order valence-electron chi connectivity index (χ4n) is 4.28. The Balaban J connectivity index is 1.32. The number of hydrogen-bond acceptors (Lipinski definition) is 5. The SMILES string of the molecule is CC(=O)N1CCN(c2ccc(N3CC(CNC(=S)CC4CCC4)OC3=O)cc2F)CC1. The molecule has 3 aliphatic rings. The Morgan fingerprint density at radius 3 is 2.61 bits per heavy atom. The maximum Gasteiger partial charge on any atom is 0.414 e. The second-order valence-electron chi connectivity index (χ2n) is 8.55. The van der Waals surface area contributed by atoms with Gasteiger partial charge in [0.25, 0.3) is 0 Å². The number of rotatable bonds is 6. The number of amides is 2. The topological polar surface area (TPSA) is 65.1 Å². The average molecular weight is 449 g/mol. The maximum atomic E-state index is 14.9. The molecule has 1 saturated carbocycles. The molecule has 4 rings (SSSR count). The van der Waals surface area contributed by atoms with Crippen molar-refractivity contribution < 1.29 is 18.7 Å². The van der Waals surface area contributed by atoms with Crippen LogP contribution in [0.4, 0.5) is 20.6 Å². The first-order chi connectivity index (χ1) is 14.9. The van der Waals surface area contributed by atoms with Gasteiger partial charge in [-0.3, -0.25) is 9.69 Å². The van der Waals surface area contributed by atoms with Crippen molar-refractivity contribution >= 4 is 40.6 Å². The molecule has 2 amide bonds. The van der Waals surface area contributed by atoms with Crippen LogP contribution in [0, 0.1) is 11.7 Å². The number of anilines is 2. The summed E-state index contributed by atoms with van der Waals surface area (Å²) in [5.74, 6) is 0.343. The van der Waals surface area contributed by atoms with E-state index >= 15 is 0 Å². The number of thiocarbonyl (C=S) groups is 1. The van der Waals surface area contributed by atoms with Crippen LogP contribution in [0.15, 0.2) is 18.2 Å².